The molecule has 476 valence electrons. The van der Waals surface area contributed by atoms with Crippen LogP contribution in [0.25, 0.3) is 0 Å². The van der Waals surface area contributed by atoms with E-state index in [-0.39, 0.29) is 31.1 Å². The fraction of sp³-hybridized carbons (Fsp3) is 0.727. The van der Waals surface area contributed by atoms with Crippen molar-refractivity contribution in [1.29, 1.82) is 0 Å². The average molecular weight is 1150 g/mol. The molecule has 0 aromatic rings. The lowest BCUT2D eigenvalue weighted by Crippen LogP contribution is -2.30. The zero-order valence-corrected chi connectivity index (χ0v) is 54.7. The number of allylic oxidation sites excluding steroid dienone is 18. The highest BCUT2D eigenvalue weighted by atomic mass is 16.6. The molecule has 83 heavy (non-hydrogen) atoms. The van der Waals surface area contributed by atoms with E-state index in [0.717, 1.165) is 116 Å². The summed E-state index contributed by atoms with van der Waals surface area (Å²) in [6.45, 7) is 6.53. The third-order valence-corrected chi connectivity index (χ3v) is 15.3. The van der Waals surface area contributed by atoms with Gasteiger partial charge < -0.3 is 14.2 Å². The van der Waals surface area contributed by atoms with Gasteiger partial charge in [-0.15, -0.1) is 0 Å². The number of unbranched alkanes of at least 4 members (excludes halogenated alkanes) is 35. The van der Waals surface area contributed by atoms with E-state index < -0.39 is 6.10 Å². The highest BCUT2D eigenvalue weighted by Gasteiger charge is 2.19. The molecule has 0 saturated heterocycles. The number of ether oxygens (including phenoxy) is 3. The molecular weight excluding hydrogens is 1020 g/mol. The Morgan fingerprint density at radius 1 is 0.253 bits per heavy atom. The number of carbonyl (C=O) groups excluding carboxylic acids is 3. The van der Waals surface area contributed by atoms with E-state index in [0.29, 0.717) is 19.3 Å². The quantitative estimate of drug-likeness (QED) is 0.0261. The molecule has 0 aliphatic rings. The van der Waals surface area contributed by atoms with Crippen molar-refractivity contribution in [3.05, 3.63) is 109 Å². The van der Waals surface area contributed by atoms with Crippen LogP contribution in [0.15, 0.2) is 109 Å². The molecule has 6 heteroatoms. The third-order valence-electron chi connectivity index (χ3n) is 15.3. The minimum absolute atomic E-state index is 0.0784. The molecule has 1 atom stereocenters. The highest BCUT2D eigenvalue weighted by molar-refractivity contribution is 5.71. The maximum Gasteiger partial charge on any atom is 0.306 e. The molecule has 0 aromatic heterocycles. The molecule has 0 saturated carbocycles. The van der Waals surface area contributed by atoms with Crippen molar-refractivity contribution in [3.8, 4) is 0 Å². The summed E-state index contributed by atoms with van der Waals surface area (Å²) in [6.07, 6.45) is 96.8. The van der Waals surface area contributed by atoms with Crippen LogP contribution in [0.1, 0.15) is 342 Å². The molecule has 0 bridgehead atoms. The van der Waals surface area contributed by atoms with E-state index in [1.54, 1.807) is 0 Å². The molecule has 1 unspecified atom stereocenters. The van der Waals surface area contributed by atoms with E-state index in [9.17, 15) is 14.4 Å². The maximum atomic E-state index is 12.9. The Bertz CT molecular complexity index is 1660. The fourth-order valence-corrected chi connectivity index (χ4v) is 9.99. The van der Waals surface area contributed by atoms with Crippen molar-refractivity contribution < 1.29 is 28.6 Å². The van der Waals surface area contributed by atoms with Crippen molar-refractivity contribution >= 4 is 17.9 Å². The molecule has 0 N–H and O–H groups in total. The van der Waals surface area contributed by atoms with Gasteiger partial charge in [0.15, 0.2) is 6.10 Å². The highest BCUT2D eigenvalue weighted by Crippen LogP contribution is 2.17. The van der Waals surface area contributed by atoms with Crippen molar-refractivity contribution in [2.45, 2.75) is 348 Å². The summed E-state index contributed by atoms with van der Waals surface area (Å²) in [5.74, 6) is -0.875. The van der Waals surface area contributed by atoms with Crippen molar-refractivity contribution in [2.75, 3.05) is 13.2 Å². The van der Waals surface area contributed by atoms with Crippen LogP contribution in [0.3, 0.4) is 0 Å². The van der Waals surface area contributed by atoms with Crippen LogP contribution in [0.4, 0.5) is 0 Å². The van der Waals surface area contributed by atoms with Gasteiger partial charge in [0, 0.05) is 19.3 Å². The topological polar surface area (TPSA) is 78.9 Å². The summed E-state index contributed by atoms with van der Waals surface area (Å²) in [4.78, 5) is 38.4. The number of rotatable bonds is 64. The maximum absolute atomic E-state index is 12.9. The second-order valence-corrected chi connectivity index (χ2v) is 23.4. The predicted octanol–water partition coefficient (Wildman–Crippen LogP) is 24.6. The van der Waals surface area contributed by atoms with Gasteiger partial charge in [0.2, 0.25) is 0 Å². The first-order chi connectivity index (χ1) is 41.0. The predicted molar refractivity (Wildman–Crippen MR) is 362 cm³/mol. The van der Waals surface area contributed by atoms with Crippen molar-refractivity contribution in [1.82, 2.24) is 0 Å². The number of esters is 3. The zero-order chi connectivity index (χ0) is 59.9. The standard InChI is InChI=1S/C77H132O6/c1-4-7-10-13-16-19-22-24-26-28-30-32-34-35-36-37-38-39-40-41-43-44-46-48-50-52-55-58-61-64-67-70-76(79)82-73-74(72-81-75(78)69-66-63-60-57-54-21-18-15-12-9-6-3)83-77(80)71-68-65-62-59-56-53-51-49-47-45-42-33-31-29-27-25-23-20-17-14-11-8-5-2/h7,10,16,19,23-26,29-32,35-36,38-39,42,45,74H,4-6,8-9,11-15,17-18,20-22,27-28,33-34,37,40-41,43-44,46-73H2,1-3H3/b10-7-,19-16-,25-23-,26-24-,31-29-,32-30-,36-35-,39-38-,45-42-. The molecule has 0 radical (unpaired) electrons. The lowest BCUT2D eigenvalue weighted by Gasteiger charge is -2.18. The first kappa shape index (κ1) is 79.1. The van der Waals surface area contributed by atoms with Crippen LogP contribution in [-0.4, -0.2) is 37.2 Å². The summed E-state index contributed by atoms with van der Waals surface area (Å²) < 4.78 is 17.0. The monoisotopic (exact) mass is 1150 g/mol. The molecule has 0 aliphatic heterocycles. The minimum Gasteiger partial charge on any atom is -0.462 e. The molecular formula is C77H132O6. The second kappa shape index (κ2) is 70.6. The van der Waals surface area contributed by atoms with Gasteiger partial charge in [0.25, 0.3) is 0 Å². The van der Waals surface area contributed by atoms with Crippen molar-refractivity contribution in [2.24, 2.45) is 0 Å². The molecule has 6 nitrogen and oxygen atoms in total. The summed E-state index contributed by atoms with van der Waals surface area (Å²) in [7, 11) is 0. The Hall–Kier alpha value is -3.93. The summed E-state index contributed by atoms with van der Waals surface area (Å²) in [5.41, 5.74) is 0. The van der Waals surface area contributed by atoms with E-state index in [1.165, 1.54) is 186 Å². The van der Waals surface area contributed by atoms with Gasteiger partial charge in [-0.3, -0.25) is 14.4 Å². The first-order valence-corrected chi connectivity index (χ1v) is 35.4. The largest absolute Gasteiger partial charge is 0.462 e. The molecule has 0 amide bonds. The third kappa shape index (κ3) is 68.7. The van der Waals surface area contributed by atoms with E-state index >= 15 is 0 Å². The van der Waals surface area contributed by atoms with Gasteiger partial charge in [-0.1, -0.05) is 323 Å². The number of carbonyl (C=O) groups is 3. The van der Waals surface area contributed by atoms with Gasteiger partial charge in [0.1, 0.15) is 13.2 Å². The lowest BCUT2D eigenvalue weighted by atomic mass is 10.0. The molecule has 0 aromatic carbocycles. The van der Waals surface area contributed by atoms with Gasteiger partial charge in [-0.05, 0) is 109 Å². The van der Waals surface area contributed by atoms with Gasteiger partial charge >= 0.3 is 17.9 Å². The zero-order valence-electron chi connectivity index (χ0n) is 54.7. The normalized spacial score (nSPS) is 12.8. The van der Waals surface area contributed by atoms with Crippen LogP contribution in [0.5, 0.6) is 0 Å². The van der Waals surface area contributed by atoms with Crippen molar-refractivity contribution in [3.63, 3.8) is 0 Å². The first-order valence-electron chi connectivity index (χ1n) is 35.4. The molecule has 0 rings (SSSR count). The van der Waals surface area contributed by atoms with Crippen LogP contribution >= 0.6 is 0 Å². The van der Waals surface area contributed by atoms with E-state index in [1.807, 2.05) is 0 Å². The number of hydrogen-bond acceptors (Lipinski definition) is 6. The average Bonchev–Trinajstić information content (AvgIpc) is 3.48. The van der Waals surface area contributed by atoms with Crippen LogP contribution in [0, 0.1) is 0 Å². The summed E-state index contributed by atoms with van der Waals surface area (Å²) in [6, 6.07) is 0. The van der Waals surface area contributed by atoms with E-state index in [2.05, 4.69) is 130 Å². The van der Waals surface area contributed by atoms with Gasteiger partial charge in [-0.25, -0.2) is 0 Å². The molecule has 0 heterocycles. The molecule has 0 spiro atoms. The van der Waals surface area contributed by atoms with Gasteiger partial charge in [0.05, 0.1) is 0 Å². The van der Waals surface area contributed by atoms with Crippen LogP contribution in [-0.2, 0) is 28.6 Å². The smallest absolute Gasteiger partial charge is 0.306 e. The molecule has 0 fully saturated rings. The van der Waals surface area contributed by atoms with E-state index in [4.69, 9.17) is 14.2 Å². The lowest BCUT2D eigenvalue weighted by molar-refractivity contribution is -0.167. The Kier molecular flexibility index (Phi) is 67.2. The molecule has 0 aliphatic carbocycles. The minimum atomic E-state index is -0.783. The Morgan fingerprint density at radius 3 is 0.735 bits per heavy atom. The number of hydrogen-bond donors (Lipinski definition) is 0. The van der Waals surface area contributed by atoms with Crippen LogP contribution in [0.2, 0.25) is 0 Å². The SMILES string of the molecule is CC/C=C\C/C=C\C/C=C\C/C=C\C/C=C\C/C=C\CCCCCCCCCCCCCCC(=O)OCC(COC(=O)CCCCCCCCCCCCC)OC(=O)CCCCCCCCCC/C=C\C/C=C\C/C=C\CCCCCCC. The Labute approximate surface area is 514 Å². The summed E-state index contributed by atoms with van der Waals surface area (Å²) in [5, 5.41) is 0. The fourth-order valence-electron chi connectivity index (χ4n) is 9.99. The Morgan fingerprint density at radius 2 is 0.470 bits per heavy atom. The second-order valence-electron chi connectivity index (χ2n) is 23.4. The van der Waals surface area contributed by atoms with Crippen LogP contribution < -0.4 is 0 Å². The van der Waals surface area contributed by atoms with Gasteiger partial charge in [-0.2, -0.15) is 0 Å². The Balaban J connectivity index is 4.24. The summed E-state index contributed by atoms with van der Waals surface area (Å²) >= 11 is 0.